The van der Waals surface area contributed by atoms with Crippen LogP contribution in [-0.4, -0.2) is 14.5 Å². The molecule has 2 rings (SSSR count). The standard InChI is InChI=1S/C12H13N3OS/c1-8(11(13)17)6-15-7-14-10-5-3-2-4-9(10)12(15)16/h2-5,7-8H,6H2,1H3,(H2,13,17). The van der Waals surface area contributed by atoms with Crippen LogP contribution in [0.2, 0.25) is 0 Å². The highest BCUT2D eigenvalue weighted by molar-refractivity contribution is 7.80. The Morgan fingerprint density at radius 3 is 2.94 bits per heavy atom. The van der Waals surface area contributed by atoms with Gasteiger partial charge in [0.25, 0.3) is 5.56 Å². The molecule has 1 unspecified atom stereocenters. The number of rotatable bonds is 3. The van der Waals surface area contributed by atoms with Crippen LogP contribution in [-0.2, 0) is 6.54 Å². The maximum Gasteiger partial charge on any atom is 0.261 e. The van der Waals surface area contributed by atoms with Gasteiger partial charge in [0, 0.05) is 12.5 Å². The Kier molecular flexibility index (Phi) is 3.19. The minimum atomic E-state index is -0.0568. The summed E-state index contributed by atoms with van der Waals surface area (Å²) in [5.74, 6) is -0.0225. The zero-order chi connectivity index (χ0) is 12.4. The van der Waals surface area contributed by atoms with E-state index in [-0.39, 0.29) is 11.5 Å². The minimum Gasteiger partial charge on any atom is -0.393 e. The highest BCUT2D eigenvalue weighted by atomic mass is 32.1. The zero-order valence-electron chi connectivity index (χ0n) is 9.46. The van der Waals surface area contributed by atoms with E-state index in [9.17, 15) is 4.79 Å². The lowest BCUT2D eigenvalue weighted by Gasteiger charge is -2.11. The van der Waals surface area contributed by atoms with E-state index in [0.29, 0.717) is 22.4 Å². The van der Waals surface area contributed by atoms with E-state index in [2.05, 4.69) is 4.98 Å². The van der Waals surface area contributed by atoms with Crippen molar-refractivity contribution in [3.8, 4) is 0 Å². The number of hydrogen-bond acceptors (Lipinski definition) is 3. The third-order valence-corrected chi connectivity index (χ3v) is 3.09. The Balaban J connectivity index is 2.46. The van der Waals surface area contributed by atoms with Crippen LogP contribution < -0.4 is 11.3 Å². The summed E-state index contributed by atoms with van der Waals surface area (Å²) >= 11 is 4.90. The largest absolute Gasteiger partial charge is 0.393 e. The first kappa shape index (κ1) is 11.7. The van der Waals surface area contributed by atoms with Crippen molar-refractivity contribution < 1.29 is 0 Å². The average Bonchev–Trinajstić information content (AvgIpc) is 2.33. The summed E-state index contributed by atoms with van der Waals surface area (Å²) in [6, 6.07) is 7.27. The molecule has 88 valence electrons. The molecule has 0 aliphatic rings. The number of para-hydroxylation sites is 1. The summed E-state index contributed by atoms with van der Waals surface area (Å²) in [5, 5.41) is 0.616. The minimum absolute atomic E-state index is 0.0225. The summed E-state index contributed by atoms with van der Waals surface area (Å²) in [5.41, 5.74) is 6.19. The second kappa shape index (κ2) is 4.63. The van der Waals surface area contributed by atoms with Crippen LogP contribution in [0.25, 0.3) is 10.9 Å². The van der Waals surface area contributed by atoms with E-state index in [1.165, 1.54) is 0 Å². The van der Waals surface area contributed by atoms with Gasteiger partial charge in [-0.05, 0) is 12.1 Å². The van der Waals surface area contributed by atoms with Crippen LogP contribution in [0, 0.1) is 5.92 Å². The summed E-state index contributed by atoms with van der Waals surface area (Å²) in [6.45, 7) is 2.36. The maximum absolute atomic E-state index is 12.1. The van der Waals surface area contributed by atoms with Crippen LogP contribution >= 0.6 is 12.2 Å². The van der Waals surface area contributed by atoms with Crippen molar-refractivity contribution >= 4 is 28.1 Å². The second-order valence-corrected chi connectivity index (χ2v) is 4.49. The summed E-state index contributed by atoms with van der Waals surface area (Å²) in [4.78, 5) is 16.8. The lowest BCUT2D eigenvalue weighted by atomic mass is 10.2. The van der Waals surface area contributed by atoms with Crippen molar-refractivity contribution in [3.63, 3.8) is 0 Å². The fourth-order valence-corrected chi connectivity index (χ4v) is 1.70. The molecule has 0 amide bonds. The predicted octanol–water partition coefficient (Wildman–Crippen LogP) is 1.32. The third kappa shape index (κ3) is 2.34. The van der Waals surface area contributed by atoms with Gasteiger partial charge >= 0.3 is 0 Å². The van der Waals surface area contributed by atoms with Crippen molar-refractivity contribution in [1.29, 1.82) is 0 Å². The van der Waals surface area contributed by atoms with Crippen molar-refractivity contribution in [2.45, 2.75) is 13.5 Å². The molecule has 1 atom stereocenters. The first-order valence-corrected chi connectivity index (χ1v) is 5.74. The Morgan fingerprint density at radius 1 is 1.53 bits per heavy atom. The van der Waals surface area contributed by atoms with Crippen LogP contribution in [0.1, 0.15) is 6.92 Å². The molecule has 0 aliphatic heterocycles. The van der Waals surface area contributed by atoms with E-state index in [0.717, 1.165) is 0 Å². The zero-order valence-corrected chi connectivity index (χ0v) is 10.3. The number of nitrogens with two attached hydrogens (primary N) is 1. The molecule has 2 aromatic rings. The molecule has 0 spiro atoms. The van der Waals surface area contributed by atoms with Gasteiger partial charge in [-0.15, -0.1) is 0 Å². The molecule has 0 aliphatic carbocycles. The van der Waals surface area contributed by atoms with E-state index in [1.54, 1.807) is 17.0 Å². The van der Waals surface area contributed by atoms with Crippen molar-refractivity contribution in [2.75, 3.05) is 0 Å². The Bertz CT molecular complexity index is 620. The van der Waals surface area contributed by atoms with Crippen molar-refractivity contribution in [2.24, 2.45) is 11.7 Å². The van der Waals surface area contributed by atoms with Gasteiger partial charge in [-0.2, -0.15) is 0 Å². The molecule has 0 bridgehead atoms. The monoisotopic (exact) mass is 247 g/mol. The molecular formula is C12H13N3OS. The van der Waals surface area contributed by atoms with Crippen molar-refractivity contribution in [3.05, 3.63) is 40.9 Å². The number of hydrogen-bond donors (Lipinski definition) is 1. The molecule has 5 heteroatoms. The molecule has 0 saturated heterocycles. The number of benzene rings is 1. The van der Waals surface area contributed by atoms with Gasteiger partial charge in [0.05, 0.1) is 22.2 Å². The van der Waals surface area contributed by atoms with E-state index < -0.39 is 0 Å². The molecule has 1 aromatic heterocycles. The molecule has 1 heterocycles. The fourth-order valence-electron chi connectivity index (χ4n) is 1.62. The van der Waals surface area contributed by atoms with Gasteiger partial charge in [-0.3, -0.25) is 9.36 Å². The van der Waals surface area contributed by atoms with Gasteiger partial charge in [0.2, 0.25) is 0 Å². The number of fused-ring (bicyclic) bond motifs is 1. The third-order valence-electron chi connectivity index (χ3n) is 2.69. The highest BCUT2D eigenvalue weighted by Gasteiger charge is 2.09. The maximum atomic E-state index is 12.1. The Hall–Kier alpha value is -1.75. The first-order chi connectivity index (χ1) is 8.09. The summed E-state index contributed by atoms with van der Waals surface area (Å²) in [6.07, 6.45) is 1.54. The summed E-state index contributed by atoms with van der Waals surface area (Å²) < 4.78 is 1.55. The van der Waals surface area contributed by atoms with Gasteiger partial charge in [-0.25, -0.2) is 4.98 Å². The summed E-state index contributed by atoms with van der Waals surface area (Å²) in [7, 11) is 0. The predicted molar refractivity (Wildman–Crippen MR) is 72.0 cm³/mol. The number of aromatic nitrogens is 2. The highest BCUT2D eigenvalue weighted by Crippen LogP contribution is 2.06. The van der Waals surface area contributed by atoms with E-state index in [1.807, 2.05) is 25.1 Å². The first-order valence-electron chi connectivity index (χ1n) is 5.33. The van der Waals surface area contributed by atoms with Gasteiger partial charge < -0.3 is 5.73 Å². The molecule has 0 radical (unpaired) electrons. The molecule has 4 nitrogen and oxygen atoms in total. The Morgan fingerprint density at radius 2 is 2.24 bits per heavy atom. The molecule has 2 N–H and O–H groups in total. The van der Waals surface area contributed by atoms with Gasteiger partial charge in [0.15, 0.2) is 0 Å². The molecular weight excluding hydrogens is 234 g/mol. The molecule has 0 fully saturated rings. The average molecular weight is 247 g/mol. The van der Waals surface area contributed by atoms with Crippen LogP contribution in [0.3, 0.4) is 0 Å². The van der Waals surface area contributed by atoms with Crippen LogP contribution in [0.4, 0.5) is 0 Å². The lowest BCUT2D eigenvalue weighted by Crippen LogP contribution is -2.29. The molecule has 17 heavy (non-hydrogen) atoms. The Labute approximate surface area is 104 Å². The van der Waals surface area contributed by atoms with E-state index >= 15 is 0 Å². The van der Waals surface area contributed by atoms with Gasteiger partial charge in [0.1, 0.15) is 0 Å². The van der Waals surface area contributed by atoms with Crippen LogP contribution in [0.15, 0.2) is 35.4 Å². The van der Waals surface area contributed by atoms with Crippen molar-refractivity contribution in [1.82, 2.24) is 9.55 Å². The quantitative estimate of drug-likeness (QED) is 0.831. The van der Waals surface area contributed by atoms with Gasteiger partial charge in [-0.1, -0.05) is 31.3 Å². The number of thiocarbonyl (C=S) groups is 1. The second-order valence-electron chi connectivity index (χ2n) is 4.02. The lowest BCUT2D eigenvalue weighted by molar-refractivity contribution is 0.577. The smallest absolute Gasteiger partial charge is 0.261 e. The molecule has 0 saturated carbocycles. The van der Waals surface area contributed by atoms with E-state index in [4.69, 9.17) is 18.0 Å². The number of nitrogens with zero attached hydrogens (tertiary/aromatic N) is 2. The molecule has 1 aromatic carbocycles. The fraction of sp³-hybridized carbons (Fsp3) is 0.250. The SMILES string of the molecule is CC(Cn1cnc2ccccc2c1=O)C(N)=S. The normalized spacial score (nSPS) is 12.5. The van der Waals surface area contributed by atoms with Crippen LogP contribution in [0.5, 0.6) is 0 Å². The topological polar surface area (TPSA) is 60.9 Å².